The van der Waals surface area contributed by atoms with E-state index in [9.17, 15) is 14.9 Å². The number of benzene rings is 1. The summed E-state index contributed by atoms with van der Waals surface area (Å²) in [5, 5.41) is 19.9. The molecule has 0 amide bonds. The highest BCUT2D eigenvalue weighted by molar-refractivity contribution is 5.90. The van der Waals surface area contributed by atoms with Crippen LogP contribution in [0.25, 0.3) is 0 Å². The number of nitro groups is 1. The molecular formula is C13H10N2O5. The van der Waals surface area contributed by atoms with Crippen molar-refractivity contribution in [2.45, 2.75) is 6.92 Å². The SMILES string of the molecule is Cc1c(Oc2cnccc2C(=O)O)cccc1[N+](=O)[O-]. The molecule has 0 aliphatic carbocycles. The molecule has 1 heterocycles. The average molecular weight is 274 g/mol. The molecule has 102 valence electrons. The Labute approximate surface area is 113 Å². The standard InChI is InChI=1S/C13H10N2O5/c1-8-10(15(18)19)3-2-4-11(8)20-12-7-14-6-5-9(12)13(16)17/h2-7H,1H3,(H,16,17). The van der Waals surface area contributed by atoms with Crippen molar-refractivity contribution in [3.8, 4) is 11.5 Å². The van der Waals surface area contributed by atoms with Crippen molar-refractivity contribution in [1.82, 2.24) is 4.98 Å². The van der Waals surface area contributed by atoms with Crippen molar-refractivity contribution in [2.75, 3.05) is 0 Å². The second-order valence-corrected chi connectivity index (χ2v) is 3.94. The van der Waals surface area contributed by atoms with E-state index in [0.717, 1.165) is 0 Å². The van der Waals surface area contributed by atoms with Crippen molar-refractivity contribution in [1.29, 1.82) is 0 Å². The van der Waals surface area contributed by atoms with E-state index in [4.69, 9.17) is 9.84 Å². The number of aromatic nitrogens is 1. The Morgan fingerprint density at radius 1 is 1.35 bits per heavy atom. The summed E-state index contributed by atoms with van der Waals surface area (Å²) in [6.07, 6.45) is 2.58. The fourth-order valence-corrected chi connectivity index (χ4v) is 1.67. The van der Waals surface area contributed by atoms with Crippen LogP contribution in [0, 0.1) is 17.0 Å². The van der Waals surface area contributed by atoms with Crippen molar-refractivity contribution < 1.29 is 19.6 Å². The summed E-state index contributed by atoms with van der Waals surface area (Å²) in [6, 6.07) is 5.64. The Morgan fingerprint density at radius 3 is 2.75 bits per heavy atom. The van der Waals surface area contributed by atoms with Crippen LogP contribution < -0.4 is 4.74 Å². The van der Waals surface area contributed by atoms with Crippen molar-refractivity contribution in [3.05, 3.63) is 57.9 Å². The van der Waals surface area contributed by atoms with E-state index in [2.05, 4.69) is 4.98 Å². The zero-order valence-electron chi connectivity index (χ0n) is 10.4. The van der Waals surface area contributed by atoms with Gasteiger partial charge in [0.25, 0.3) is 5.69 Å². The lowest BCUT2D eigenvalue weighted by molar-refractivity contribution is -0.385. The maximum atomic E-state index is 11.1. The molecule has 0 unspecified atom stereocenters. The first-order valence-corrected chi connectivity index (χ1v) is 5.60. The van der Waals surface area contributed by atoms with Crippen LogP contribution in [0.5, 0.6) is 11.5 Å². The summed E-state index contributed by atoms with van der Waals surface area (Å²) in [5.41, 5.74) is 0.159. The molecule has 7 heteroatoms. The predicted octanol–water partition coefficient (Wildman–Crippen LogP) is 2.79. The lowest BCUT2D eigenvalue weighted by atomic mass is 10.2. The van der Waals surface area contributed by atoms with Gasteiger partial charge < -0.3 is 9.84 Å². The summed E-state index contributed by atoms with van der Waals surface area (Å²) in [4.78, 5) is 25.2. The van der Waals surface area contributed by atoms with Gasteiger partial charge >= 0.3 is 5.97 Å². The summed E-state index contributed by atoms with van der Waals surface area (Å²) >= 11 is 0. The number of carboxylic acids is 1. The highest BCUT2D eigenvalue weighted by Gasteiger charge is 2.17. The van der Waals surface area contributed by atoms with Crippen LogP contribution in [0.2, 0.25) is 0 Å². The monoisotopic (exact) mass is 274 g/mol. The summed E-state index contributed by atoms with van der Waals surface area (Å²) in [6.45, 7) is 1.53. The molecule has 0 saturated carbocycles. The van der Waals surface area contributed by atoms with Gasteiger partial charge in [-0.05, 0) is 19.1 Å². The molecule has 0 aliphatic rings. The number of pyridine rings is 1. The number of carbonyl (C=O) groups is 1. The second-order valence-electron chi connectivity index (χ2n) is 3.94. The number of nitro benzene ring substituents is 1. The van der Waals surface area contributed by atoms with Crippen LogP contribution >= 0.6 is 0 Å². The van der Waals surface area contributed by atoms with Crippen LogP contribution in [0.1, 0.15) is 15.9 Å². The van der Waals surface area contributed by atoms with E-state index >= 15 is 0 Å². The first kappa shape index (κ1) is 13.5. The van der Waals surface area contributed by atoms with Crippen LogP contribution in [-0.2, 0) is 0 Å². The molecule has 1 aromatic heterocycles. The quantitative estimate of drug-likeness (QED) is 0.679. The Bertz CT molecular complexity index is 684. The lowest BCUT2D eigenvalue weighted by Crippen LogP contribution is -2.01. The smallest absolute Gasteiger partial charge is 0.339 e. The van der Waals surface area contributed by atoms with E-state index < -0.39 is 10.9 Å². The van der Waals surface area contributed by atoms with Crippen LogP contribution in [-0.4, -0.2) is 21.0 Å². The van der Waals surface area contributed by atoms with Crippen molar-refractivity contribution in [3.63, 3.8) is 0 Å². The predicted molar refractivity (Wildman–Crippen MR) is 69.1 cm³/mol. The fourth-order valence-electron chi connectivity index (χ4n) is 1.67. The number of rotatable bonds is 4. The molecule has 1 aromatic carbocycles. The number of hydrogen-bond acceptors (Lipinski definition) is 5. The summed E-state index contributed by atoms with van der Waals surface area (Å²) in [5.74, 6) is -0.913. The van der Waals surface area contributed by atoms with E-state index in [-0.39, 0.29) is 22.7 Å². The normalized spacial score (nSPS) is 10.1. The van der Waals surface area contributed by atoms with Gasteiger partial charge in [0.1, 0.15) is 11.3 Å². The maximum Gasteiger partial charge on any atom is 0.339 e. The minimum absolute atomic E-state index is 0.0311. The summed E-state index contributed by atoms with van der Waals surface area (Å²) in [7, 11) is 0. The average Bonchev–Trinajstić information content (AvgIpc) is 2.41. The number of carboxylic acid groups (broad SMARTS) is 1. The van der Waals surface area contributed by atoms with Crippen LogP contribution in [0.4, 0.5) is 5.69 Å². The molecule has 7 nitrogen and oxygen atoms in total. The number of aromatic carboxylic acids is 1. The molecule has 0 bridgehead atoms. The van der Waals surface area contributed by atoms with Crippen molar-refractivity contribution >= 4 is 11.7 Å². The Kier molecular flexibility index (Phi) is 3.60. The number of ether oxygens (including phenoxy) is 1. The first-order chi connectivity index (χ1) is 9.50. The minimum Gasteiger partial charge on any atom is -0.478 e. The molecule has 0 atom stereocenters. The van der Waals surface area contributed by atoms with Gasteiger partial charge in [0.05, 0.1) is 16.7 Å². The van der Waals surface area contributed by atoms with Crippen LogP contribution in [0.3, 0.4) is 0 Å². The third-order valence-corrected chi connectivity index (χ3v) is 2.69. The maximum absolute atomic E-state index is 11.1. The largest absolute Gasteiger partial charge is 0.478 e. The second kappa shape index (κ2) is 5.35. The molecule has 0 spiro atoms. The third kappa shape index (κ3) is 2.56. The lowest BCUT2D eigenvalue weighted by Gasteiger charge is -2.10. The first-order valence-electron chi connectivity index (χ1n) is 5.60. The molecule has 2 aromatic rings. The topological polar surface area (TPSA) is 103 Å². The molecule has 0 fully saturated rings. The van der Waals surface area contributed by atoms with Gasteiger partial charge in [0.15, 0.2) is 5.75 Å². The van der Waals surface area contributed by atoms with Gasteiger partial charge in [-0.25, -0.2) is 4.79 Å². The summed E-state index contributed by atoms with van der Waals surface area (Å²) < 4.78 is 5.44. The van der Waals surface area contributed by atoms with Gasteiger partial charge in [0.2, 0.25) is 0 Å². The van der Waals surface area contributed by atoms with Gasteiger partial charge in [-0.15, -0.1) is 0 Å². The van der Waals surface area contributed by atoms with E-state index in [1.54, 1.807) is 0 Å². The molecule has 0 radical (unpaired) electrons. The zero-order chi connectivity index (χ0) is 14.7. The fraction of sp³-hybridized carbons (Fsp3) is 0.0769. The van der Waals surface area contributed by atoms with E-state index in [0.29, 0.717) is 5.56 Å². The Balaban J connectivity index is 2.43. The van der Waals surface area contributed by atoms with Gasteiger partial charge in [-0.3, -0.25) is 15.1 Å². The molecule has 20 heavy (non-hydrogen) atoms. The Morgan fingerprint density at radius 2 is 2.10 bits per heavy atom. The number of hydrogen-bond donors (Lipinski definition) is 1. The van der Waals surface area contributed by atoms with Crippen LogP contribution in [0.15, 0.2) is 36.7 Å². The number of nitrogens with zero attached hydrogens (tertiary/aromatic N) is 2. The zero-order valence-corrected chi connectivity index (χ0v) is 10.4. The Hall–Kier alpha value is -2.96. The van der Waals surface area contributed by atoms with Crippen molar-refractivity contribution in [2.24, 2.45) is 0 Å². The van der Waals surface area contributed by atoms with Gasteiger partial charge in [-0.2, -0.15) is 0 Å². The highest BCUT2D eigenvalue weighted by Crippen LogP contribution is 2.31. The van der Waals surface area contributed by atoms with Gasteiger partial charge in [0, 0.05) is 12.3 Å². The minimum atomic E-state index is -1.16. The van der Waals surface area contributed by atoms with E-state index in [1.165, 1.54) is 43.6 Å². The molecule has 0 aliphatic heterocycles. The highest BCUT2D eigenvalue weighted by atomic mass is 16.6. The molecule has 2 rings (SSSR count). The molecule has 1 N–H and O–H groups in total. The van der Waals surface area contributed by atoms with Gasteiger partial charge in [-0.1, -0.05) is 6.07 Å². The third-order valence-electron chi connectivity index (χ3n) is 2.69. The molecule has 0 saturated heterocycles. The molecular weight excluding hydrogens is 264 g/mol. The van der Waals surface area contributed by atoms with E-state index in [1.807, 2.05) is 0 Å².